The number of nitrogens with zero attached hydrogens (tertiary/aromatic N) is 1. The van der Waals surface area contributed by atoms with Gasteiger partial charge in [-0.1, -0.05) is 29.2 Å². The Morgan fingerprint density at radius 2 is 2.36 bits per heavy atom. The van der Waals surface area contributed by atoms with Gasteiger partial charge in [-0.25, -0.2) is 4.98 Å². The molecule has 1 heterocycles. The van der Waals surface area contributed by atoms with Crippen LogP contribution in [0.2, 0.25) is 0 Å². The van der Waals surface area contributed by atoms with Gasteiger partial charge in [-0.05, 0) is 19.9 Å². The van der Waals surface area contributed by atoms with E-state index in [0.717, 1.165) is 5.76 Å². The van der Waals surface area contributed by atoms with Crippen LogP contribution in [0, 0.1) is 0 Å². The zero-order valence-electron chi connectivity index (χ0n) is 6.60. The van der Waals surface area contributed by atoms with Crippen molar-refractivity contribution in [2.75, 3.05) is 0 Å². The molecule has 0 unspecified atom stereocenters. The van der Waals surface area contributed by atoms with Crippen LogP contribution in [0.25, 0.3) is 6.08 Å². The molecule has 0 aliphatic carbocycles. The average Bonchev–Trinajstić information content (AvgIpc) is 2.32. The summed E-state index contributed by atoms with van der Waals surface area (Å²) in [7, 11) is 0. The maximum atomic E-state index is 5.36. The van der Waals surface area contributed by atoms with Gasteiger partial charge in [0.1, 0.15) is 5.76 Å². The van der Waals surface area contributed by atoms with Crippen molar-refractivity contribution in [2.45, 2.75) is 17.3 Å². The third-order valence-electron chi connectivity index (χ3n) is 1.28. The highest BCUT2D eigenvalue weighted by molar-refractivity contribution is 14.1. The van der Waals surface area contributed by atoms with Crippen molar-refractivity contribution < 1.29 is 4.42 Å². The molecule has 0 aliphatic rings. The lowest BCUT2D eigenvalue weighted by Gasteiger charge is -2.10. The number of hydrogen-bond donors (Lipinski definition) is 0. The van der Waals surface area contributed by atoms with Crippen molar-refractivity contribution >= 4 is 28.7 Å². The molecule has 0 spiro atoms. The molecular weight excluding hydrogens is 253 g/mol. The van der Waals surface area contributed by atoms with E-state index in [1.54, 1.807) is 12.3 Å². The molecule has 1 aromatic heterocycles. The van der Waals surface area contributed by atoms with Gasteiger partial charge in [-0.3, -0.25) is 0 Å². The third-order valence-corrected chi connectivity index (χ3v) is 1.82. The van der Waals surface area contributed by atoms with Crippen LogP contribution in [0.1, 0.15) is 25.5 Å². The van der Waals surface area contributed by atoms with Crippen molar-refractivity contribution in [3.8, 4) is 0 Å². The SMILES string of the molecule is C=Cc1ncc(C(C)(C)I)o1. The van der Waals surface area contributed by atoms with Crippen molar-refractivity contribution in [1.82, 2.24) is 4.98 Å². The summed E-state index contributed by atoms with van der Waals surface area (Å²) in [5.74, 6) is 1.47. The van der Waals surface area contributed by atoms with E-state index in [1.807, 2.05) is 0 Å². The molecule has 0 fully saturated rings. The highest BCUT2D eigenvalue weighted by Gasteiger charge is 2.20. The molecule has 0 amide bonds. The Morgan fingerprint density at radius 1 is 1.73 bits per heavy atom. The highest BCUT2D eigenvalue weighted by atomic mass is 127. The van der Waals surface area contributed by atoms with Crippen LogP contribution >= 0.6 is 22.6 Å². The number of alkyl halides is 1. The Morgan fingerprint density at radius 3 is 2.64 bits per heavy atom. The van der Waals surface area contributed by atoms with E-state index < -0.39 is 0 Å². The number of hydrogen-bond acceptors (Lipinski definition) is 2. The fourth-order valence-electron chi connectivity index (χ4n) is 0.657. The number of halogens is 1. The molecule has 0 aliphatic heterocycles. The van der Waals surface area contributed by atoms with E-state index in [-0.39, 0.29) is 3.42 Å². The van der Waals surface area contributed by atoms with E-state index in [9.17, 15) is 0 Å². The fraction of sp³-hybridized carbons (Fsp3) is 0.375. The van der Waals surface area contributed by atoms with E-state index in [0.29, 0.717) is 5.89 Å². The van der Waals surface area contributed by atoms with Gasteiger partial charge in [-0.2, -0.15) is 0 Å². The smallest absolute Gasteiger partial charge is 0.218 e. The Bertz CT molecular complexity index is 259. The molecular formula is C8H10INO. The lowest BCUT2D eigenvalue weighted by Crippen LogP contribution is -2.03. The first kappa shape index (κ1) is 8.77. The topological polar surface area (TPSA) is 26.0 Å². The van der Waals surface area contributed by atoms with Gasteiger partial charge < -0.3 is 4.42 Å². The largest absolute Gasteiger partial charge is 0.440 e. The van der Waals surface area contributed by atoms with Crippen LogP contribution in [0.5, 0.6) is 0 Å². The minimum absolute atomic E-state index is 0.00597. The van der Waals surface area contributed by atoms with Gasteiger partial charge in [0.15, 0.2) is 0 Å². The Hall–Kier alpha value is -0.320. The summed E-state index contributed by atoms with van der Waals surface area (Å²) in [5.41, 5.74) is 0. The third kappa shape index (κ3) is 2.05. The first-order valence-corrected chi connectivity index (χ1v) is 4.39. The summed E-state index contributed by atoms with van der Waals surface area (Å²) in [6.07, 6.45) is 3.34. The molecule has 11 heavy (non-hydrogen) atoms. The normalized spacial score (nSPS) is 11.5. The van der Waals surface area contributed by atoms with E-state index in [4.69, 9.17) is 4.42 Å². The average molecular weight is 263 g/mol. The van der Waals surface area contributed by atoms with Crippen molar-refractivity contribution in [1.29, 1.82) is 0 Å². The highest BCUT2D eigenvalue weighted by Crippen LogP contribution is 2.30. The Labute approximate surface area is 79.8 Å². The molecule has 3 heteroatoms. The molecule has 2 nitrogen and oxygen atoms in total. The zero-order valence-corrected chi connectivity index (χ0v) is 8.75. The molecule has 0 saturated carbocycles. The first-order valence-electron chi connectivity index (χ1n) is 3.31. The summed E-state index contributed by atoms with van der Waals surface area (Å²) >= 11 is 2.30. The maximum absolute atomic E-state index is 5.36. The summed E-state index contributed by atoms with van der Waals surface area (Å²) in [4.78, 5) is 4.01. The Kier molecular flexibility index (Phi) is 2.37. The number of rotatable bonds is 2. The standard InChI is InChI=1S/C8H10INO/c1-4-7-10-5-6(11-7)8(2,3)9/h4-5H,1H2,2-3H3. The molecule has 1 aromatic rings. The zero-order chi connectivity index (χ0) is 8.48. The van der Waals surface area contributed by atoms with Crippen molar-refractivity contribution in [3.63, 3.8) is 0 Å². The minimum Gasteiger partial charge on any atom is -0.440 e. The molecule has 60 valence electrons. The van der Waals surface area contributed by atoms with Crippen LogP contribution in [-0.4, -0.2) is 4.98 Å². The summed E-state index contributed by atoms with van der Waals surface area (Å²) in [6, 6.07) is 0. The Balaban J connectivity index is 2.98. The number of oxazole rings is 1. The first-order chi connectivity index (χ1) is 5.04. The predicted octanol–water partition coefficient (Wildman–Crippen LogP) is 2.99. The van der Waals surface area contributed by atoms with Gasteiger partial charge in [0.25, 0.3) is 0 Å². The molecule has 0 bridgehead atoms. The predicted molar refractivity (Wildman–Crippen MR) is 53.6 cm³/mol. The van der Waals surface area contributed by atoms with Gasteiger partial charge in [-0.15, -0.1) is 0 Å². The monoisotopic (exact) mass is 263 g/mol. The lowest BCUT2D eigenvalue weighted by molar-refractivity contribution is 0.467. The van der Waals surface area contributed by atoms with Gasteiger partial charge in [0.05, 0.1) is 9.62 Å². The van der Waals surface area contributed by atoms with Crippen LogP contribution < -0.4 is 0 Å². The van der Waals surface area contributed by atoms with Crippen molar-refractivity contribution in [3.05, 3.63) is 24.4 Å². The molecule has 0 saturated heterocycles. The van der Waals surface area contributed by atoms with Gasteiger partial charge in [0, 0.05) is 0 Å². The van der Waals surface area contributed by atoms with Crippen LogP contribution in [-0.2, 0) is 3.42 Å². The molecule has 0 aromatic carbocycles. The second-order valence-electron chi connectivity index (χ2n) is 2.74. The lowest BCUT2D eigenvalue weighted by atomic mass is 10.2. The van der Waals surface area contributed by atoms with Gasteiger partial charge >= 0.3 is 0 Å². The second-order valence-corrected chi connectivity index (χ2v) is 5.44. The van der Waals surface area contributed by atoms with E-state index in [1.165, 1.54) is 0 Å². The molecule has 1 rings (SSSR count). The van der Waals surface area contributed by atoms with Crippen molar-refractivity contribution in [2.24, 2.45) is 0 Å². The van der Waals surface area contributed by atoms with Crippen LogP contribution in [0.15, 0.2) is 17.2 Å². The minimum atomic E-state index is 0.00597. The molecule has 0 atom stereocenters. The summed E-state index contributed by atoms with van der Waals surface area (Å²) < 4.78 is 5.37. The van der Waals surface area contributed by atoms with Crippen LogP contribution in [0.4, 0.5) is 0 Å². The quantitative estimate of drug-likeness (QED) is 0.605. The number of aromatic nitrogens is 1. The second kappa shape index (κ2) is 2.97. The summed E-state index contributed by atoms with van der Waals surface area (Å²) in [5, 5.41) is 0. The van der Waals surface area contributed by atoms with E-state index in [2.05, 4.69) is 48.0 Å². The van der Waals surface area contributed by atoms with Gasteiger partial charge in [0.2, 0.25) is 5.89 Å². The van der Waals surface area contributed by atoms with Crippen LogP contribution in [0.3, 0.4) is 0 Å². The fourth-order valence-corrected chi connectivity index (χ4v) is 0.906. The molecule has 0 radical (unpaired) electrons. The maximum Gasteiger partial charge on any atom is 0.218 e. The van der Waals surface area contributed by atoms with E-state index >= 15 is 0 Å². The summed E-state index contributed by atoms with van der Waals surface area (Å²) in [6.45, 7) is 7.71. The molecule has 0 N–H and O–H groups in total.